The van der Waals surface area contributed by atoms with E-state index >= 15 is 0 Å². The molecule has 0 atom stereocenters. The monoisotopic (exact) mass is 401 g/mol. The standard InChI is InChI=1S/C17H22F3N5OS/c1-3-13-10-24-15(27-13)6-7-22-16(21-2)25-9-12-4-5-14(23-8-12)26-11-17(18,19)20/h4-5,8,10H,3,6-7,9,11H2,1-2H3,(H2,21,22,25). The van der Waals surface area contributed by atoms with Gasteiger partial charge in [-0.25, -0.2) is 9.97 Å². The lowest BCUT2D eigenvalue weighted by Crippen LogP contribution is -2.37. The Morgan fingerprint density at radius 1 is 1.22 bits per heavy atom. The number of halogens is 3. The molecule has 0 amide bonds. The first-order chi connectivity index (χ1) is 12.9. The average Bonchev–Trinajstić information content (AvgIpc) is 3.11. The molecule has 0 aliphatic carbocycles. The quantitative estimate of drug-likeness (QED) is 0.526. The maximum Gasteiger partial charge on any atom is 0.422 e. The molecule has 0 unspecified atom stereocenters. The molecule has 0 aromatic carbocycles. The SMILES string of the molecule is CCc1cnc(CCNC(=NC)NCc2ccc(OCC(F)(F)F)nc2)s1. The lowest BCUT2D eigenvalue weighted by molar-refractivity contribution is -0.154. The van der Waals surface area contributed by atoms with Crippen molar-refractivity contribution in [3.8, 4) is 5.88 Å². The van der Waals surface area contributed by atoms with Crippen molar-refractivity contribution in [2.24, 2.45) is 4.99 Å². The molecule has 10 heteroatoms. The van der Waals surface area contributed by atoms with E-state index in [4.69, 9.17) is 0 Å². The van der Waals surface area contributed by atoms with Gasteiger partial charge in [-0.05, 0) is 12.0 Å². The van der Waals surface area contributed by atoms with E-state index in [9.17, 15) is 13.2 Å². The number of aromatic nitrogens is 2. The molecule has 0 aliphatic heterocycles. The minimum absolute atomic E-state index is 0.0616. The molecule has 148 valence electrons. The van der Waals surface area contributed by atoms with Crippen molar-refractivity contribution in [2.75, 3.05) is 20.2 Å². The Morgan fingerprint density at radius 3 is 2.63 bits per heavy atom. The van der Waals surface area contributed by atoms with Gasteiger partial charge in [-0.2, -0.15) is 13.2 Å². The number of aliphatic imine (C=N–C) groups is 1. The van der Waals surface area contributed by atoms with Gasteiger partial charge in [0.2, 0.25) is 5.88 Å². The Hall–Kier alpha value is -2.36. The van der Waals surface area contributed by atoms with E-state index in [1.54, 1.807) is 24.5 Å². The van der Waals surface area contributed by atoms with Crippen LogP contribution in [0.15, 0.2) is 29.5 Å². The van der Waals surface area contributed by atoms with E-state index in [1.165, 1.54) is 17.1 Å². The highest BCUT2D eigenvalue weighted by molar-refractivity contribution is 7.11. The summed E-state index contributed by atoms with van der Waals surface area (Å²) in [6.07, 6.45) is 0.785. The Morgan fingerprint density at radius 2 is 2.04 bits per heavy atom. The van der Waals surface area contributed by atoms with Crippen LogP contribution in [0.5, 0.6) is 5.88 Å². The van der Waals surface area contributed by atoms with Crippen LogP contribution >= 0.6 is 11.3 Å². The van der Waals surface area contributed by atoms with E-state index in [0.29, 0.717) is 19.0 Å². The van der Waals surface area contributed by atoms with Crippen LogP contribution in [-0.2, 0) is 19.4 Å². The van der Waals surface area contributed by atoms with Crippen LogP contribution in [0.25, 0.3) is 0 Å². The van der Waals surface area contributed by atoms with Gasteiger partial charge in [-0.15, -0.1) is 11.3 Å². The molecule has 0 bridgehead atoms. The third kappa shape index (κ3) is 7.81. The molecule has 0 spiro atoms. The van der Waals surface area contributed by atoms with Crippen LogP contribution in [0.2, 0.25) is 0 Å². The smallest absolute Gasteiger partial charge is 0.422 e. The maximum atomic E-state index is 12.1. The van der Waals surface area contributed by atoms with Crippen molar-refractivity contribution in [2.45, 2.75) is 32.5 Å². The van der Waals surface area contributed by atoms with Crippen LogP contribution in [0.3, 0.4) is 0 Å². The summed E-state index contributed by atoms with van der Waals surface area (Å²) in [5.74, 6) is 0.563. The molecule has 0 aliphatic rings. The number of alkyl halides is 3. The third-order valence-electron chi connectivity index (χ3n) is 3.45. The van der Waals surface area contributed by atoms with E-state index < -0.39 is 12.8 Å². The van der Waals surface area contributed by atoms with E-state index in [1.807, 2.05) is 6.20 Å². The number of aryl methyl sites for hydroxylation is 1. The first kappa shape index (κ1) is 20.9. The molecular weight excluding hydrogens is 379 g/mol. The summed E-state index contributed by atoms with van der Waals surface area (Å²) in [5.41, 5.74) is 0.796. The Kier molecular flexibility index (Phi) is 7.83. The first-order valence-electron chi connectivity index (χ1n) is 8.42. The molecule has 27 heavy (non-hydrogen) atoms. The van der Waals surface area contributed by atoms with E-state index in [2.05, 4.69) is 37.3 Å². The highest BCUT2D eigenvalue weighted by Crippen LogP contribution is 2.17. The average molecular weight is 401 g/mol. The first-order valence-corrected chi connectivity index (χ1v) is 9.24. The summed E-state index contributed by atoms with van der Waals surface area (Å²) in [5, 5.41) is 7.40. The lowest BCUT2D eigenvalue weighted by Gasteiger charge is -2.12. The number of ether oxygens (including phenoxy) is 1. The van der Waals surface area contributed by atoms with Crippen molar-refractivity contribution >= 4 is 17.3 Å². The Labute approximate surface area is 159 Å². The van der Waals surface area contributed by atoms with Gasteiger partial charge in [0, 0.05) is 49.9 Å². The molecule has 0 radical (unpaired) electrons. The van der Waals surface area contributed by atoms with Crippen LogP contribution in [0.4, 0.5) is 13.2 Å². The van der Waals surface area contributed by atoms with Gasteiger partial charge < -0.3 is 15.4 Å². The molecular formula is C17H22F3N5OS. The molecule has 2 rings (SSSR count). The van der Waals surface area contributed by atoms with Gasteiger partial charge in [-0.1, -0.05) is 13.0 Å². The predicted octanol–water partition coefficient (Wildman–Crippen LogP) is 2.95. The molecule has 2 aromatic heterocycles. The number of guanidine groups is 1. The Balaban J connectivity index is 1.73. The maximum absolute atomic E-state index is 12.1. The summed E-state index contributed by atoms with van der Waals surface area (Å²) in [6.45, 7) is 1.88. The number of thiazole rings is 1. The van der Waals surface area contributed by atoms with Crippen molar-refractivity contribution in [3.05, 3.63) is 40.0 Å². The predicted molar refractivity (Wildman–Crippen MR) is 99.2 cm³/mol. The van der Waals surface area contributed by atoms with Crippen molar-refractivity contribution in [3.63, 3.8) is 0 Å². The topological polar surface area (TPSA) is 71.4 Å². The number of hydrogen-bond donors (Lipinski definition) is 2. The van der Waals surface area contributed by atoms with Crippen LogP contribution in [-0.4, -0.2) is 42.3 Å². The minimum atomic E-state index is -4.38. The zero-order chi connectivity index (χ0) is 19.7. The zero-order valence-electron chi connectivity index (χ0n) is 15.1. The van der Waals surface area contributed by atoms with E-state index in [0.717, 1.165) is 23.4 Å². The number of rotatable bonds is 8. The lowest BCUT2D eigenvalue weighted by atomic mass is 10.3. The normalized spacial score (nSPS) is 12.1. The fourth-order valence-corrected chi connectivity index (χ4v) is 2.94. The molecule has 6 nitrogen and oxygen atoms in total. The van der Waals surface area contributed by atoms with Gasteiger partial charge in [0.05, 0.1) is 5.01 Å². The number of nitrogens with zero attached hydrogens (tertiary/aromatic N) is 3. The summed E-state index contributed by atoms with van der Waals surface area (Å²) in [7, 11) is 1.67. The molecule has 2 N–H and O–H groups in total. The number of nitrogens with one attached hydrogen (secondary N) is 2. The second kappa shape index (κ2) is 10.1. The second-order valence-corrected chi connectivity index (χ2v) is 6.78. The largest absolute Gasteiger partial charge is 0.468 e. The molecule has 0 saturated carbocycles. The molecule has 2 aromatic rings. The van der Waals surface area contributed by atoms with Gasteiger partial charge in [-0.3, -0.25) is 4.99 Å². The highest BCUT2D eigenvalue weighted by Gasteiger charge is 2.28. The fraction of sp³-hybridized carbons (Fsp3) is 0.471. The number of pyridine rings is 1. The number of hydrogen-bond acceptors (Lipinski definition) is 5. The second-order valence-electron chi connectivity index (χ2n) is 5.58. The Bertz CT molecular complexity index is 731. The van der Waals surface area contributed by atoms with E-state index in [-0.39, 0.29) is 5.88 Å². The molecule has 2 heterocycles. The van der Waals surface area contributed by atoms with Gasteiger partial charge in [0.15, 0.2) is 12.6 Å². The van der Waals surface area contributed by atoms with Crippen molar-refractivity contribution in [1.29, 1.82) is 0 Å². The van der Waals surface area contributed by atoms with Crippen LogP contribution in [0.1, 0.15) is 22.4 Å². The van der Waals surface area contributed by atoms with Crippen molar-refractivity contribution in [1.82, 2.24) is 20.6 Å². The fourth-order valence-electron chi connectivity index (χ4n) is 2.08. The van der Waals surface area contributed by atoms with Gasteiger partial charge in [0.1, 0.15) is 0 Å². The highest BCUT2D eigenvalue weighted by atomic mass is 32.1. The molecule has 0 fully saturated rings. The van der Waals surface area contributed by atoms with Crippen LogP contribution < -0.4 is 15.4 Å². The summed E-state index contributed by atoms with van der Waals surface area (Å²) in [4.78, 5) is 13.6. The van der Waals surface area contributed by atoms with Gasteiger partial charge >= 0.3 is 6.18 Å². The van der Waals surface area contributed by atoms with Gasteiger partial charge in [0.25, 0.3) is 0 Å². The minimum Gasteiger partial charge on any atom is -0.468 e. The van der Waals surface area contributed by atoms with Crippen LogP contribution in [0, 0.1) is 0 Å². The summed E-state index contributed by atoms with van der Waals surface area (Å²) < 4.78 is 40.9. The zero-order valence-corrected chi connectivity index (χ0v) is 16.0. The summed E-state index contributed by atoms with van der Waals surface area (Å²) in [6, 6.07) is 3.06. The molecule has 0 saturated heterocycles. The van der Waals surface area contributed by atoms with Crippen molar-refractivity contribution < 1.29 is 17.9 Å². The third-order valence-corrected chi connectivity index (χ3v) is 4.65. The summed E-state index contributed by atoms with van der Waals surface area (Å²) >= 11 is 1.71.